The Kier molecular flexibility index (Phi) is 6.32. The Morgan fingerprint density at radius 1 is 1.00 bits per heavy atom. The van der Waals surface area contributed by atoms with Crippen LogP contribution in [0.25, 0.3) is 5.57 Å². The van der Waals surface area contributed by atoms with Gasteiger partial charge in [-0.2, -0.15) is 0 Å². The molecule has 7 nitrogen and oxygen atoms in total. The Bertz CT molecular complexity index is 1120. The summed E-state index contributed by atoms with van der Waals surface area (Å²) in [6, 6.07) is 11.1. The van der Waals surface area contributed by atoms with Gasteiger partial charge in [-0.05, 0) is 25.0 Å². The number of para-hydroxylation sites is 1. The molecular weight excluding hydrogens is 458 g/mol. The lowest BCUT2D eigenvalue weighted by Crippen LogP contribution is -2.56. The standard InChI is InChI=1S/C26H28ClNO6/c1-30-21-7-5-4-6-15(21)18-13-33-26-16(25(18)29)8-9-22-17(26)12-28(14-34-22)20-10-19(27)23(31-2)11-24(20)32-3/h4-7,10-11,13,16-17,22,26H,8-9,12,14H2,1-3H3. The Labute approximate surface area is 204 Å². The summed E-state index contributed by atoms with van der Waals surface area (Å²) >= 11 is 6.41. The fourth-order valence-electron chi connectivity index (χ4n) is 5.36. The highest BCUT2D eigenvalue weighted by molar-refractivity contribution is 6.32. The number of ether oxygens (including phenoxy) is 5. The summed E-state index contributed by atoms with van der Waals surface area (Å²) in [6.07, 6.45) is 2.93. The molecule has 2 fully saturated rings. The van der Waals surface area contributed by atoms with Crippen molar-refractivity contribution < 1.29 is 28.5 Å². The van der Waals surface area contributed by atoms with Crippen LogP contribution in [-0.4, -0.2) is 52.6 Å². The van der Waals surface area contributed by atoms with Gasteiger partial charge in [0.15, 0.2) is 5.78 Å². The predicted octanol–water partition coefficient (Wildman–Crippen LogP) is 4.56. The van der Waals surface area contributed by atoms with Crippen molar-refractivity contribution in [2.24, 2.45) is 11.8 Å². The van der Waals surface area contributed by atoms with Gasteiger partial charge in [-0.3, -0.25) is 4.79 Å². The molecule has 2 aromatic rings. The normalized spacial score (nSPS) is 26.1. The molecule has 180 valence electrons. The van der Waals surface area contributed by atoms with Crippen LogP contribution in [0.2, 0.25) is 5.02 Å². The molecule has 0 aromatic heterocycles. The van der Waals surface area contributed by atoms with Crippen LogP contribution in [0, 0.1) is 11.8 Å². The molecule has 1 saturated carbocycles. The van der Waals surface area contributed by atoms with Crippen molar-refractivity contribution >= 4 is 28.6 Å². The van der Waals surface area contributed by atoms with E-state index in [0.29, 0.717) is 41.1 Å². The molecule has 3 aliphatic rings. The highest BCUT2D eigenvalue weighted by atomic mass is 35.5. The fraction of sp³-hybridized carbons (Fsp3) is 0.423. The van der Waals surface area contributed by atoms with Crippen molar-refractivity contribution in [2.75, 3.05) is 39.5 Å². The molecule has 0 amide bonds. The van der Waals surface area contributed by atoms with Gasteiger partial charge in [0.1, 0.15) is 30.1 Å². The molecule has 0 bridgehead atoms. The number of allylic oxidation sites excluding steroid dienone is 1. The summed E-state index contributed by atoms with van der Waals surface area (Å²) in [5, 5.41) is 0.496. The molecule has 2 aromatic carbocycles. The smallest absolute Gasteiger partial charge is 0.173 e. The number of benzene rings is 2. The van der Waals surface area contributed by atoms with Gasteiger partial charge in [0, 0.05) is 24.1 Å². The molecule has 5 rings (SSSR count). The maximum atomic E-state index is 13.6. The van der Waals surface area contributed by atoms with Crippen molar-refractivity contribution in [2.45, 2.75) is 25.0 Å². The number of halogens is 1. The third-order valence-electron chi connectivity index (χ3n) is 7.07. The summed E-state index contributed by atoms with van der Waals surface area (Å²) in [5.74, 6) is 1.75. The highest BCUT2D eigenvalue weighted by Gasteiger charge is 2.49. The minimum Gasteiger partial charge on any atom is -0.496 e. The molecule has 0 radical (unpaired) electrons. The molecule has 4 atom stereocenters. The number of hydrogen-bond donors (Lipinski definition) is 0. The average Bonchev–Trinajstić information content (AvgIpc) is 2.88. The van der Waals surface area contributed by atoms with Gasteiger partial charge in [0.05, 0.1) is 55.9 Å². The van der Waals surface area contributed by atoms with E-state index < -0.39 is 0 Å². The van der Waals surface area contributed by atoms with Crippen LogP contribution >= 0.6 is 11.6 Å². The van der Waals surface area contributed by atoms with Crippen LogP contribution in [0.4, 0.5) is 5.69 Å². The summed E-state index contributed by atoms with van der Waals surface area (Å²) in [4.78, 5) is 15.6. The zero-order chi connectivity index (χ0) is 23.8. The van der Waals surface area contributed by atoms with Crippen LogP contribution in [0.15, 0.2) is 42.7 Å². The van der Waals surface area contributed by atoms with E-state index in [9.17, 15) is 4.79 Å². The van der Waals surface area contributed by atoms with Crippen LogP contribution in [0.1, 0.15) is 18.4 Å². The second kappa shape index (κ2) is 9.39. The third-order valence-corrected chi connectivity index (χ3v) is 7.37. The third kappa shape index (κ3) is 3.87. The summed E-state index contributed by atoms with van der Waals surface area (Å²) < 4.78 is 28.9. The minimum atomic E-state index is -0.257. The predicted molar refractivity (Wildman–Crippen MR) is 129 cm³/mol. The molecule has 1 saturated heterocycles. The van der Waals surface area contributed by atoms with E-state index in [2.05, 4.69) is 4.90 Å². The lowest BCUT2D eigenvalue weighted by atomic mass is 9.71. The largest absolute Gasteiger partial charge is 0.496 e. The molecule has 2 heterocycles. The maximum absolute atomic E-state index is 13.6. The first kappa shape index (κ1) is 22.9. The molecule has 2 aliphatic heterocycles. The van der Waals surface area contributed by atoms with Crippen LogP contribution in [0.5, 0.6) is 17.2 Å². The molecule has 34 heavy (non-hydrogen) atoms. The number of anilines is 1. The van der Waals surface area contributed by atoms with Gasteiger partial charge in [-0.15, -0.1) is 0 Å². The number of hydrogen-bond acceptors (Lipinski definition) is 7. The van der Waals surface area contributed by atoms with E-state index >= 15 is 0 Å². The number of methoxy groups -OCH3 is 3. The van der Waals surface area contributed by atoms with E-state index in [1.807, 2.05) is 30.3 Å². The summed E-state index contributed by atoms with van der Waals surface area (Å²) in [7, 11) is 4.79. The molecule has 1 aliphatic carbocycles. The number of fused-ring (bicyclic) bond motifs is 3. The van der Waals surface area contributed by atoms with E-state index in [-0.39, 0.29) is 29.8 Å². The Balaban J connectivity index is 1.42. The first-order chi connectivity index (χ1) is 16.5. The Morgan fingerprint density at radius 2 is 1.76 bits per heavy atom. The first-order valence-electron chi connectivity index (χ1n) is 11.4. The van der Waals surface area contributed by atoms with Crippen molar-refractivity contribution in [1.82, 2.24) is 0 Å². The van der Waals surface area contributed by atoms with Gasteiger partial charge < -0.3 is 28.6 Å². The van der Waals surface area contributed by atoms with Crippen molar-refractivity contribution in [3.8, 4) is 17.2 Å². The second-order valence-corrected chi connectivity index (χ2v) is 9.17. The molecule has 0 N–H and O–H groups in total. The van der Waals surface area contributed by atoms with E-state index in [0.717, 1.165) is 24.1 Å². The Hall–Kier alpha value is -2.90. The topological polar surface area (TPSA) is 66.5 Å². The average molecular weight is 486 g/mol. The van der Waals surface area contributed by atoms with Crippen molar-refractivity contribution in [3.05, 3.63) is 53.2 Å². The number of carbonyl (C=O) groups excluding carboxylic acids is 1. The fourth-order valence-corrected chi connectivity index (χ4v) is 5.59. The van der Waals surface area contributed by atoms with Crippen LogP contribution < -0.4 is 19.1 Å². The van der Waals surface area contributed by atoms with Crippen LogP contribution in [0.3, 0.4) is 0 Å². The highest BCUT2D eigenvalue weighted by Crippen LogP contribution is 2.45. The first-order valence-corrected chi connectivity index (χ1v) is 11.7. The zero-order valence-corrected chi connectivity index (χ0v) is 20.2. The SMILES string of the molecule is COc1cc(OC)c(N2COC3CCC4C(=O)C(c5ccccc5OC)=COC4C3C2)cc1Cl. The minimum absolute atomic E-state index is 0.0255. The molecule has 0 spiro atoms. The maximum Gasteiger partial charge on any atom is 0.173 e. The van der Waals surface area contributed by atoms with E-state index in [1.54, 1.807) is 33.7 Å². The van der Waals surface area contributed by atoms with Gasteiger partial charge in [-0.1, -0.05) is 29.8 Å². The van der Waals surface area contributed by atoms with Gasteiger partial charge in [-0.25, -0.2) is 0 Å². The Morgan fingerprint density at radius 3 is 2.53 bits per heavy atom. The zero-order valence-electron chi connectivity index (χ0n) is 19.5. The number of rotatable bonds is 5. The van der Waals surface area contributed by atoms with Gasteiger partial charge in [0.25, 0.3) is 0 Å². The van der Waals surface area contributed by atoms with E-state index in [1.165, 1.54) is 0 Å². The monoisotopic (exact) mass is 485 g/mol. The summed E-state index contributed by atoms with van der Waals surface area (Å²) in [5.41, 5.74) is 2.14. The number of Topliss-reactive ketones (excluding diaryl/α,β-unsaturated/α-hetero) is 1. The van der Waals surface area contributed by atoms with Crippen molar-refractivity contribution in [3.63, 3.8) is 0 Å². The number of carbonyl (C=O) groups is 1. The van der Waals surface area contributed by atoms with Gasteiger partial charge in [0.2, 0.25) is 0 Å². The number of ketones is 1. The molecular formula is C26H28ClNO6. The van der Waals surface area contributed by atoms with Gasteiger partial charge >= 0.3 is 0 Å². The molecule has 4 unspecified atom stereocenters. The quantitative estimate of drug-likeness (QED) is 0.614. The lowest BCUT2D eigenvalue weighted by Gasteiger charge is -2.48. The number of nitrogens with zero attached hydrogens (tertiary/aromatic N) is 1. The molecule has 8 heteroatoms. The second-order valence-electron chi connectivity index (χ2n) is 8.76. The van der Waals surface area contributed by atoms with Crippen molar-refractivity contribution in [1.29, 1.82) is 0 Å². The van der Waals surface area contributed by atoms with Crippen LogP contribution in [-0.2, 0) is 14.3 Å². The summed E-state index contributed by atoms with van der Waals surface area (Å²) in [6.45, 7) is 1.07. The van der Waals surface area contributed by atoms with E-state index in [4.69, 9.17) is 35.3 Å². The lowest BCUT2D eigenvalue weighted by molar-refractivity contribution is -0.140.